The fourth-order valence-electron chi connectivity index (χ4n) is 1.28. The van der Waals surface area contributed by atoms with Crippen LogP contribution in [0, 0.1) is 11.8 Å². The molecule has 1 aromatic carbocycles. The summed E-state index contributed by atoms with van der Waals surface area (Å²) in [5.41, 5.74) is 1.11. The van der Waals surface area contributed by atoms with Gasteiger partial charge in [0.15, 0.2) is 5.12 Å². The first-order valence-electron chi connectivity index (χ1n) is 5.44. The van der Waals surface area contributed by atoms with Gasteiger partial charge in [-0.25, -0.2) is 4.79 Å². The Labute approximate surface area is 111 Å². The molecule has 18 heavy (non-hydrogen) atoms. The molecule has 0 amide bonds. The topological polar surface area (TPSA) is 43.4 Å². The van der Waals surface area contributed by atoms with Gasteiger partial charge in [-0.05, 0) is 12.1 Å². The molecule has 0 spiro atoms. The van der Waals surface area contributed by atoms with Gasteiger partial charge in [-0.3, -0.25) is 4.79 Å². The van der Waals surface area contributed by atoms with Gasteiger partial charge in [-0.2, -0.15) is 0 Å². The minimum atomic E-state index is -0.391. The van der Waals surface area contributed by atoms with Crippen molar-refractivity contribution in [2.75, 3.05) is 12.9 Å². The van der Waals surface area contributed by atoms with Crippen LogP contribution in [0.4, 0.5) is 0 Å². The maximum atomic E-state index is 11.5. The Morgan fingerprint density at radius 1 is 1.33 bits per heavy atom. The molecule has 0 aromatic heterocycles. The minimum absolute atomic E-state index is 0.0896. The maximum absolute atomic E-state index is 11.5. The van der Waals surface area contributed by atoms with Gasteiger partial charge < -0.3 is 4.74 Å². The molecule has 0 aliphatic rings. The van der Waals surface area contributed by atoms with Gasteiger partial charge in [0.25, 0.3) is 0 Å². The summed E-state index contributed by atoms with van der Waals surface area (Å²) in [6.45, 7) is 1.53. The van der Waals surface area contributed by atoms with E-state index in [0.29, 0.717) is 23.3 Å². The van der Waals surface area contributed by atoms with E-state index in [-0.39, 0.29) is 5.12 Å². The van der Waals surface area contributed by atoms with Crippen LogP contribution in [0.3, 0.4) is 0 Å². The van der Waals surface area contributed by atoms with Crippen LogP contribution in [0.1, 0.15) is 29.3 Å². The third-order valence-corrected chi connectivity index (χ3v) is 2.90. The number of esters is 1. The zero-order valence-corrected chi connectivity index (χ0v) is 11.2. The van der Waals surface area contributed by atoms with Crippen molar-refractivity contribution >= 4 is 22.8 Å². The third kappa shape index (κ3) is 4.64. The lowest BCUT2D eigenvalue weighted by molar-refractivity contribution is -0.109. The first kappa shape index (κ1) is 14.3. The molecule has 1 rings (SSSR count). The Balaban J connectivity index is 2.70. The monoisotopic (exact) mass is 262 g/mol. The van der Waals surface area contributed by atoms with E-state index in [0.717, 1.165) is 0 Å². The van der Waals surface area contributed by atoms with Crippen LogP contribution in [-0.4, -0.2) is 23.9 Å². The van der Waals surface area contributed by atoms with Gasteiger partial charge in [0, 0.05) is 24.7 Å². The van der Waals surface area contributed by atoms with E-state index in [2.05, 4.69) is 16.6 Å². The summed E-state index contributed by atoms with van der Waals surface area (Å²) in [4.78, 5) is 22.2. The Morgan fingerprint density at radius 3 is 2.72 bits per heavy atom. The van der Waals surface area contributed by atoms with E-state index in [1.807, 2.05) is 6.07 Å². The van der Waals surface area contributed by atoms with Gasteiger partial charge >= 0.3 is 5.97 Å². The van der Waals surface area contributed by atoms with E-state index < -0.39 is 5.97 Å². The lowest BCUT2D eigenvalue weighted by Gasteiger charge is -2.01. The number of hydrogen-bond donors (Lipinski definition) is 0. The number of benzene rings is 1. The number of methoxy groups -OCH3 is 1. The molecule has 0 atom stereocenters. The first-order chi connectivity index (χ1) is 8.65. The van der Waals surface area contributed by atoms with Gasteiger partial charge in [0.2, 0.25) is 0 Å². The fraction of sp³-hybridized carbons (Fsp3) is 0.286. The first-order valence-corrected chi connectivity index (χ1v) is 6.43. The summed E-state index contributed by atoms with van der Waals surface area (Å²) >= 11 is 1.25. The van der Waals surface area contributed by atoms with Crippen molar-refractivity contribution in [1.82, 2.24) is 0 Å². The zero-order valence-electron chi connectivity index (χ0n) is 10.4. The van der Waals surface area contributed by atoms with Gasteiger partial charge in [-0.1, -0.05) is 35.7 Å². The highest BCUT2D eigenvalue weighted by molar-refractivity contribution is 8.13. The molecule has 0 aliphatic heterocycles. The molecule has 0 saturated heterocycles. The quantitative estimate of drug-likeness (QED) is 0.477. The van der Waals surface area contributed by atoms with Crippen molar-refractivity contribution in [3.63, 3.8) is 0 Å². The molecule has 0 N–H and O–H groups in total. The molecular weight excluding hydrogens is 248 g/mol. The summed E-state index contributed by atoms with van der Waals surface area (Å²) in [7, 11) is 1.34. The minimum Gasteiger partial charge on any atom is -0.465 e. The van der Waals surface area contributed by atoms with Crippen LogP contribution in [0.5, 0.6) is 0 Å². The molecule has 3 nitrogen and oxygen atoms in total. The standard InChI is InChI=1S/C14H14O3S/c1-11(15)18-10-6-5-8-12-7-3-4-9-13(12)14(16)17-2/h3-4,7,9H,6,10H2,1-2H3. The molecular formula is C14H14O3S. The van der Waals surface area contributed by atoms with Crippen LogP contribution >= 0.6 is 11.8 Å². The van der Waals surface area contributed by atoms with E-state index in [4.69, 9.17) is 0 Å². The number of thioether (sulfide) groups is 1. The molecule has 0 heterocycles. The second-order valence-corrected chi connectivity index (χ2v) is 4.70. The van der Waals surface area contributed by atoms with E-state index in [1.165, 1.54) is 25.8 Å². The van der Waals surface area contributed by atoms with Crippen LogP contribution in [0.2, 0.25) is 0 Å². The number of ether oxygens (including phenoxy) is 1. The van der Waals surface area contributed by atoms with E-state index in [1.54, 1.807) is 18.2 Å². The molecule has 0 saturated carbocycles. The predicted molar refractivity (Wildman–Crippen MR) is 72.4 cm³/mol. The van der Waals surface area contributed by atoms with Crippen LogP contribution in [-0.2, 0) is 9.53 Å². The normalized spacial score (nSPS) is 9.22. The van der Waals surface area contributed by atoms with Gasteiger partial charge in [0.05, 0.1) is 12.7 Å². The molecule has 94 valence electrons. The summed E-state index contributed by atoms with van der Waals surface area (Å²) in [6, 6.07) is 7.04. The lowest BCUT2D eigenvalue weighted by Crippen LogP contribution is -2.03. The second kappa shape index (κ2) is 7.57. The molecule has 0 unspecified atom stereocenters. The average molecular weight is 262 g/mol. The Morgan fingerprint density at radius 2 is 2.06 bits per heavy atom. The zero-order chi connectivity index (χ0) is 13.4. The number of carbonyl (C=O) groups is 2. The van der Waals surface area contributed by atoms with Crippen molar-refractivity contribution in [2.45, 2.75) is 13.3 Å². The summed E-state index contributed by atoms with van der Waals surface area (Å²) in [5, 5.41) is 0.0896. The van der Waals surface area contributed by atoms with Crippen LogP contribution < -0.4 is 0 Å². The Bertz CT molecular complexity index is 497. The molecule has 4 heteroatoms. The number of hydrogen-bond acceptors (Lipinski definition) is 4. The number of rotatable bonds is 3. The van der Waals surface area contributed by atoms with Crippen LogP contribution in [0.25, 0.3) is 0 Å². The Kier molecular flexibility index (Phi) is 6.03. The average Bonchev–Trinajstić information content (AvgIpc) is 2.37. The summed E-state index contributed by atoms with van der Waals surface area (Å²) in [5.74, 6) is 6.15. The second-order valence-electron chi connectivity index (χ2n) is 3.43. The highest BCUT2D eigenvalue weighted by Gasteiger charge is 2.08. The van der Waals surface area contributed by atoms with E-state index >= 15 is 0 Å². The third-order valence-electron chi connectivity index (χ3n) is 2.09. The van der Waals surface area contributed by atoms with Crippen LogP contribution in [0.15, 0.2) is 24.3 Å². The lowest BCUT2D eigenvalue weighted by atomic mass is 10.1. The molecule has 0 bridgehead atoms. The molecule has 0 aliphatic carbocycles. The summed E-state index contributed by atoms with van der Waals surface area (Å²) < 4.78 is 4.68. The van der Waals surface area contributed by atoms with Crippen molar-refractivity contribution in [3.8, 4) is 11.8 Å². The van der Waals surface area contributed by atoms with Crippen molar-refractivity contribution in [1.29, 1.82) is 0 Å². The predicted octanol–water partition coefficient (Wildman–Crippen LogP) is 2.49. The van der Waals surface area contributed by atoms with Crippen molar-refractivity contribution in [3.05, 3.63) is 35.4 Å². The SMILES string of the molecule is COC(=O)c1ccccc1C#CCCSC(C)=O. The maximum Gasteiger partial charge on any atom is 0.339 e. The van der Waals surface area contributed by atoms with Gasteiger partial charge in [-0.15, -0.1) is 0 Å². The van der Waals surface area contributed by atoms with Gasteiger partial charge in [0.1, 0.15) is 0 Å². The van der Waals surface area contributed by atoms with Crippen molar-refractivity contribution in [2.24, 2.45) is 0 Å². The molecule has 1 aromatic rings. The molecule has 0 radical (unpaired) electrons. The summed E-state index contributed by atoms with van der Waals surface area (Å²) in [6.07, 6.45) is 0.611. The van der Waals surface area contributed by atoms with Crippen molar-refractivity contribution < 1.29 is 14.3 Å². The smallest absolute Gasteiger partial charge is 0.339 e. The largest absolute Gasteiger partial charge is 0.465 e. The highest BCUT2D eigenvalue weighted by Crippen LogP contribution is 2.09. The van der Waals surface area contributed by atoms with E-state index in [9.17, 15) is 9.59 Å². The fourth-order valence-corrected chi connectivity index (χ4v) is 1.78. The molecule has 0 fully saturated rings. The number of carbonyl (C=O) groups excluding carboxylic acids is 2. The Hall–Kier alpha value is -1.73. The highest BCUT2D eigenvalue weighted by atomic mass is 32.2.